The molecule has 1 N–H and O–H groups in total. The first kappa shape index (κ1) is 18.2. The van der Waals surface area contributed by atoms with Crippen molar-refractivity contribution >= 4 is 17.7 Å². The van der Waals surface area contributed by atoms with Crippen LogP contribution in [0.4, 0.5) is 0 Å². The van der Waals surface area contributed by atoms with Gasteiger partial charge in [-0.15, -0.1) is 0 Å². The van der Waals surface area contributed by atoms with Gasteiger partial charge in [-0.05, 0) is 49.1 Å². The molecule has 3 aromatic rings. The zero-order chi connectivity index (χ0) is 18.4. The molecule has 0 fully saturated rings. The minimum atomic E-state index is 0.00871. The Morgan fingerprint density at radius 2 is 2.12 bits per heavy atom. The van der Waals surface area contributed by atoms with E-state index in [1.165, 1.54) is 22.9 Å². The third-order valence-corrected chi connectivity index (χ3v) is 4.99. The highest BCUT2D eigenvalue weighted by molar-refractivity contribution is 7.99. The molecule has 0 unspecified atom stereocenters. The number of carbonyl (C=O) groups is 1. The van der Waals surface area contributed by atoms with E-state index in [1.54, 1.807) is 12.4 Å². The molecule has 0 aliphatic carbocycles. The number of pyridine rings is 1. The number of aromatic nitrogens is 3. The molecule has 2 aromatic heterocycles. The van der Waals surface area contributed by atoms with Gasteiger partial charge in [-0.2, -0.15) is 0 Å². The summed E-state index contributed by atoms with van der Waals surface area (Å²) in [5.74, 6) is 0.351. The summed E-state index contributed by atoms with van der Waals surface area (Å²) in [5.41, 5.74) is 4.59. The van der Waals surface area contributed by atoms with E-state index in [-0.39, 0.29) is 5.91 Å². The smallest absolute Gasteiger partial charge is 0.230 e. The molecule has 1 aromatic carbocycles. The maximum atomic E-state index is 12.1. The molecule has 5 nitrogen and oxygen atoms in total. The predicted octanol–water partition coefficient (Wildman–Crippen LogP) is 3.34. The van der Waals surface area contributed by atoms with Crippen molar-refractivity contribution in [3.63, 3.8) is 0 Å². The molecule has 0 aliphatic rings. The van der Waals surface area contributed by atoms with Gasteiger partial charge in [0.05, 0.1) is 11.4 Å². The van der Waals surface area contributed by atoms with Gasteiger partial charge < -0.3 is 5.32 Å². The van der Waals surface area contributed by atoms with Crippen LogP contribution in [0.3, 0.4) is 0 Å². The van der Waals surface area contributed by atoms with Crippen LogP contribution in [0.15, 0.2) is 60.3 Å². The summed E-state index contributed by atoms with van der Waals surface area (Å²) >= 11 is 1.44. The zero-order valence-corrected chi connectivity index (χ0v) is 15.8. The van der Waals surface area contributed by atoms with Crippen molar-refractivity contribution in [3.05, 3.63) is 71.8 Å². The zero-order valence-electron chi connectivity index (χ0n) is 15.0. The fraction of sp³-hybridized carbons (Fsp3) is 0.250. The molecule has 0 saturated carbocycles. The van der Waals surface area contributed by atoms with Gasteiger partial charge in [0.1, 0.15) is 0 Å². The Bertz CT molecular complexity index is 877. The Labute approximate surface area is 157 Å². The van der Waals surface area contributed by atoms with E-state index in [1.807, 2.05) is 29.1 Å². The van der Waals surface area contributed by atoms with Crippen LogP contribution >= 0.6 is 11.8 Å². The molecule has 0 aliphatic heterocycles. The average Bonchev–Trinajstić information content (AvgIpc) is 3.11. The van der Waals surface area contributed by atoms with E-state index in [2.05, 4.69) is 47.3 Å². The average molecular weight is 366 g/mol. The van der Waals surface area contributed by atoms with Crippen molar-refractivity contribution < 1.29 is 4.79 Å². The Balaban J connectivity index is 1.55. The summed E-state index contributed by atoms with van der Waals surface area (Å²) < 4.78 is 2.04. The molecule has 3 rings (SSSR count). The van der Waals surface area contributed by atoms with Crippen molar-refractivity contribution in [3.8, 4) is 5.69 Å². The molecular formula is C20H22N4OS. The number of hydrogen-bond acceptors (Lipinski definition) is 4. The third-order valence-electron chi connectivity index (χ3n) is 4.02. The van der Waals surface area contributed by atoms with Gasteiger partial charge in [-0.25, -0.2) is 4.98 Å². The quantitative estimate of drug-likeness (QED) is 0.652. The van der Waals surface area contributed by atoms with Gasteiger partial charge in [-0.1, -0.05) is 30.0 Å². The number of amides is 1. The molecule has 1 amide bonds. The second-order valence-corrected chi connectivity index (χ2v) is 7.06. The van der Waals surface area contributed by atoms with Gasteiger partial charge in [0.15, 0.2) is 5.16 Å². The molecule has 26 heavy (non-hydrogen) atoms. The predicted molar refractivity (Wildman–Crippen MR) is 105 cm³/mol. The Morgan fingerprint density at radius 3 is 2.92 bits per heavy atom. The van der Waals surface area contributed by atoms with E-state index in [0.29, 0.717) is 12.3 Å². The Morgan fingerprint density at radius 1 is 1.23 bits per heavy atom. The van der Waals surface area contributed by atoms with Crippen LogP contribution in [-0.2, 0) is 11.2 Å². The second kappa shape index (κ2) is 8.67. The number of nitrogens with zero attached hydrogens (tertiary/aromatic N) is 3. The number of hydrogen-bond donors (Lipinski definition) is 1. The van der Waals surface area contributed by atoms with Crippen LogP contribution in [-0.4, -0.2) is 32.7 Å². The van der Waals surface area contributed by atoms with Crippen LogP contribution < -0.4 is 5.32 Å². The molecule has 0 saturated heterocycles. The van der Waals surface area contributed by atoms with Gasteiger partial charge in [0.2, 0.25) is 5.91 Å². The Kier molecular flexibility index (Phi) is 6.07. The van der Waals surface area contributed by atoms with Crippen LogP contribution in [0.2, 0.25) is 0 Å². The first-order chi connectivity index (χ1) is 12.6. The lowest BCUT2D eigenvalue weighted by atomic mass is 10.1. The van der Waals surface area contributed by atoms with E-state index in [4.69, 9.17) is 0 Å². The maximum absolute atomic E-state index is 12.1. The van der Waals surface area contributed by atoms with Crippen molar-refractivity contribution in [2.24, 2.45) is 0 Å². The highest BCUT2D eigenvalue weighted by atomic mass is 32.2. The SMILES string of the molecule is Cc1ccc(C)c(-n2ccnc2SCC(=O)NCCc2cccnc2)c1. The van der Waals surface area contributed by atoms with Crippen molar-refractivity contribution in [1.82, 2.24) is 19.9 Å². The highest BCUT2D eigenvalue weighted by Crippen LogP contribution is 2.23. The van der Waals surface area contributed by atoms with E-state index in [0.717, 1.165) is 22.8 Å². The molecule has 0 bridgehead atoms. The molecule has 0 atom stereocenters. The Hall–Kier alpha value is -2.60. The van der Waals surface area contributed by atoms with Crippen LogP contribution in [0.25, 0.3) is 5.69 Å². The van der Waals surface area contributed by atoms with Gasteiger partial charge in [0.25, 0.3) is 0 Å². The molecule has 134 valence electrons. The molecule has 0 radical (unpaired) electrons. The van der Waals surface area contributed by atoms with Crippen molar-refractivity contribution in [1.29, 1.82) is 0 Å². The molecule has 6 heteroatoms. The number of rotatable bonds is 7. The summed E-state index contributed by atoms with van der Waals surface area (Å²) in [6.45, 7) is 4.76. The number of nitrogens with one attached hydrogen (secondary N) is 1. The minimum Gasteiger partial charge on any atom is -0.355 e. The largest absolute Gasteiger partial charge is 0.355 e. The summed E-state index contributed by atoms with van der Waals surface area (Å²) in [5, 5.41) is 3.77. The highest BCUT2D eigenvalue weighted by Gasteiger charge is 2.10. The normalized spacial score (nSPS) is 10.7. The summed E-state index contributed by atoms with van der Waals surface area (Å²) in [7, 11) is 0. The summed E-state index contributed by atoms with van der Waals surface area (Å²) in [4.78, 5) is 20.6. The molecule has 0 spiro atoms. The first-order valence-corrected chi connectivity index (χ1v) is 9.51. The monoisotopic (exact) mass is 366 g/mol. The lowest BCUT2D eigenvalue weighted by Gasteiger charge is -2.11. The van der Waals surface area contributed by atoms with Gasteiger partial charge in [0, 0.05) is 31.3 Å². The van der Waals surface area contributed by atoms with Crippen LogP contribution in [0.5, 0.6) is 0 Å². The second-order valence-electron chi connectivity index (χ2n) is 6.12. The third kappa shape index (κ3) is 4.73. The number of imidazole rings is 1. The lowest BCUT2D eigenvalue weighted by Crippen LogP contribution is -2.27. The van der Waals surface area contributed by atoms with Crippen LogP contribution in [0, 0.1) is 13.8 Å². The molecule has 2 heterocycles. The van der Waals surface area contributed by atoms with E-state index < -0.39 is 0 Å². The van der Waals surface area contributed by atoms with Crippen LogP contribution in [0.1, 0.15) is 16.7 Å². The summed E-state index contributed by atoms with van der Waals surface area (Å²) in [6, 6.07) is 10.2. The van der Waals surface area contributed by atoms with E-state index >= 15 is 0 Å². The molecular weight excluding hydrogens is 344 g/mol. The topological polar surface area (TPSA) is 59.8 Å². The minimum absolute atomic E-state index is 0.00871. The van der Waals surface area contributed by atoms with E-state index in [9.17, 15) is 4.79 Å². The summed E-state index contributed by atoms with van der Waals surface area (Å²) in [6.07, 6.45) is 8.05. The van der Waals surface area contributed by atoms with Crippen molar-refractivity contribution in [2.75, 3.05) is 12.3 Å². The standard InChI is InChI=1S/C20H22N4OS/c1-15-5-6-16(2)18(12-15)24-11-10-23-20(24)26-14-19(25)22-9-7-17-4-3-8-21-13-17/h3-6,8,10-13H,7,9,14H2,1-2H3,(H,22,25). The number of aryl methyl sites for hydroxylation is 2. The fourth-order valence-corrected chi connectivity index (χ4v) is 3.43. The number of carbonyl (C=O) groups excluding carboxylic acids is 1. The van der Waals surface area contributed by atoms with Gasteiger partial charge in [-0.3, -0.25) is 14.3 Å². The van der Waals surface area contributed by atoms with Gasteiger partial charge >= 0.3 is 0 Å². The fourth-order valence-electron chi connectivity index (χ4n) is 2.63. The number of benzene rings is 1. The number of thioether (sulfide) groups is 1. The van der Waals surface area contributed by atoms with Crippen molar-refractivity contribution in [2.45, 2.75) is 25.4 Å². The maximum Gasteiger partial charge on any atom is 0.230 e. The lowest BCUT2D eigenvalue weighted by molar-refractivity contribution is -0.118. The first-order valence-electron chi connectivity index (χ1n) is 8.53.